The third-order valence-electron chi connectivity index (χ3n) is 6.58. The molecule has 214 valence electrons. The summed E-state index contributed by atoms with van der Waals surface area (Å²) in [6.45, 7) is 4.77. The zero-order chi connectivity index (χ0) is 29.9. The van der Waals surface area contributed by atoms with Crippen LogP contribution in [0.4, 0.5) is 17.6 Å². The summed E-state index contributed by atoms with van der Waals surface area (Å²) in [5.41, 5.74) is 3.53. The molecule has 10 nitrogen and oxygen atoms in total. The van der Waals surface area contributed by atoms with Crippen LogP contribution in [0.15, 0.2) is 53.3 Å². The van der Waals surface area contributed by atoms with Crippen LogP contribution >= 0.6 is 0 Å². The summed E-state index contributed by atoms with van der Waals surface area (Å²) in [7, 11) is 0. The Kier molecular flexibility index (Phi) is 8.31. The number of fused-ring (bicyclic) bond motifs is 1. The van der Waals surface area contributed by atoms with Gasteiger partial charge in [-0.1, -0.05) is 36.4 Å². The molecule has 0 spiro atoms. The second-order valence-corrected chi connectivity index (χ2v) is 9.23. The van der Waals surface area contributed by atoms with Gasteiger partial charge in [0.25, 0.3) is 11.5 Å². The van der Waals surface area contributed by atoms with Crippen molar-refractivity contribution in [1.82, 2.24) is 29.9 Å². The molecule has 0 fully saturated rings. The van der Waals surface area contributed by atoms with Crippen LogP contribution in [0, 0.1) is 19.7 Å². The van der Waals surface area contributed by atoms with Crippen molar-refractivity contribution in [2.45, 2.75) is 39.5 Å². The van der Waals surface area contributed by atoms with Crippen LogP contribution in [0.2, 0.25) is 0 Å². The van der Waals surface area contributed by atoms with Gasteiger partial charge >= 0.3 is 12.1 Å². The first-order valence-electron chi connectivity index (χ1n) is 12.3. The van der Waals surface area contributed by atoms with E-state index in [1.165, 1.54) is 6.07 Å². The highest BCUT2D eigenvalue weighted by atomic mass is 19.4. The lowest BCUT2D eigenvalue weighted by Gasteiger charge is -2.28. The molecule has 2 aromatic carbocycles. The fourth-order valence-electron chi connectivity index (χ4n) is 4.19. The molecule has 0 saturated carbocycles. The molecule has 5 rings (SSSR count). The second-order valence-electron chi connectivity index (χ2n) is 9.23. The van der Waals surface area contributed by atoms with Crippen LogP contribution in [0.5, 0.6) is 0 Å². The predicted molar refractivity (Wildman–Crippen MR) is 137 cm³/mol. The summed E-state index contributed by atoms with van der Waals surface area (Å²) in [6, 6.07) is 14.3. The number of rotatable bonds is 4. The Morgan fingerprint density at radius 2 is 1.71 bits per heavy atom. The number of hydrogen-bond acceptors (Lipinski definition) is 6. The molecule has 14 heteroatoms. The van der Waals surface area contributed by atoms with E-state index >= 15 is 0 Å². The number of aromatic nitrogens is 5. The smallest absolute Gasteiger partial charge is 0.475 e. The molecule has 2 aromatic heterocycles. The predicted octanol–water partition coefficient (Wildman–Crippen LogP) is 3.66. The number of alkyl halides is 3. The van der Waals surface area contributed by atoms with E-state index in [4.69, 9.17) is 9.90 Å². The third-order valence-corrected chi connectivity index (χ3v) is 6.58. The van der Waals surface area contributed by atoms with Crippen molar-refractivity contribution >= 4 is 11.9 Å². The highest BCUT2D eigenvalue weighted by Crippen LogP contribution is 2.24. The van der Waals surface area contributed by atoms with E-state index in [1.54, 1.807) is 24.0 Å². The van der Waals surface area contributed by atoms with Crippen molar-refractivity contribution in [2.24, 2.45) is 0 Å². The van der Waals surface area contributed by atoms with Crippen LogP contribution in [-0.4, -0.2) is 59.6 Å². The molecule has 1 amide bonds. The van der Waals surface area contributed by atoms with E-state index in [1.807, 2.05) is 41.8 Å². The minimum Gasteiger partial charge on any atom is -0.475 e. The van der Waals surface area contributed by atoms with Crippen molar-refractivity contribution in [3.63, 3.8) is 0 Å². The van der Waals surface area contributed by atoms with E-state index in [2.05, 4.69) is 20.4 Å². The van der Waals surface area contributed by atoms with E-state index in [0.717, 1.165) is 22.5 Å². The minimum absolute atomic E-state index is 0.00699. The standard InChI is InChI=1S/C25H23FN6O2.C2HF3O2/c1-15-16(2)24(33)30-27-21(15)13-17-8-9-20(26)19(12-17)25(34)31-10-11-32-22(14-31)28-29-23(32)18-6-4-3-5-7-18;3-2(4,5)1(6)7/h3-9,12H,10-11,13-14H2,1-2H3,(H,30,33);(H,6,7). The molecule has 2 N–H and O–H groups in total. The number of aliphatic carboxylic acids is 1. The zero-order valence-electron chi connectivity index (χ0n) is 21.9. The van der Waals surface area contributed by atoms with Gasteiger partial charge in [0.15, 0.2) is 11.6 Å². The van der Waals surface area contributed by atoms with Gasteiger partial charge in [0.1, 0.15) is 5.82 Å². The van der Waals surface area contributed by atoms with Gasteiger partial charge in [-0.15, -0.1) is 10.2 Å². The minimum atomic E-state index is -5.08. The van der Waals surface area contributed by atoms with Crippen LogP contribution in [0.1, 0.15) is 38.6 Å². The maximum Gasteiger partial charge on any atom is 0.490 e. The lowest BCUT2D eigenvalue weighted by atomic mass is 10.0. The first-order chi connectivity index (χ1) is 19.4. The molecule has 0 aliphatic carbocycles. The quantitative estimate of drug-likeness (QED) is 0.357. The molecule has 1 aliphatic heterocycles. The van der Waals surface area contributed by atoms with Gasteiger partial charge in [0, 0.05) is 30.6 Å². The summed E-state index contributed by atoms with van der Waals surface area (Å²) in [5.74, 6) is -2.30. The van der Waals surface area contributed by atoms with E-state index in [-0.39, 0.29) is 17.7 Å². The van der Waals surface area contributed by atoms with E-state index in [0.29, 0.717) is 36.6 Å². The van der Waals surface area contributed by atoms with Gasteiger partial charge in [-0.25, -0.2) is 14.3 Å². The van der Waals surface area contributed by atoms with Crippen molar-refractivity contribution in [3.8, 4) is 11.4 Å². The number of aromatic amines is 1. The number of hydrogen-bond donors (Lipinski definition) is 2. The summed E-state index contributed by atoms with van der Waals surface area (Å²) in [6.07, 6.45) is -4.71. The number of nitrogens with zero attached hydrogens (tertiary/aromatic N) is 5. The lowest BCUT2D eigenvalue weighted by Crippen LogP contribution is -2.39. The molecule has 4 aromatic rings. The number of H-pyrrole nitrogens is 1. The maximum absolute atomic E-state index is 14.7. The zero-order valence-corrected chi connectivity index (χ0v) is 21.9. The molecule has 0 atom stereocenters. The third kappa shape index (κ3) is 6.48. The molecule has 0 unspecified atom stereocenters. The summed E-state index contributed by atoms with van der Waals surface area (Å²) in [5, 5.41) is 22.3. The normalized spacial score (nSPS) is 12.8. The number of nitrogens with one attached hydrogen (secondary N) is 1. The highest BCUT2D eigenvalue weighted by Gasteiger charge is 2.38. The monoisotopic (exact) mass is 572 g/mol. The van der Waals surface area contributed by atoms with Crippen molar-refractivity contribution in [2.75, 3.05) is 6.54 Å². The number of carbonyl (C=O) groups is 2. The molecule has 3 heterocycles. The number of carbonyl (C=O) groups excluding carboxylic acids is 1. The first kappa shape index (κ1) is 29.1. The SMILES string of the molecule is Cc1c(Cc2ccc(F)c(C(=O)N3CCn4c(nnc4-c4ccccc4)C3)c2)n[nH]c(=O)c1C.O=C(O)C(F)(F)F. The maximum atomic E-state index is 14.7. The van der Waals surface area contributed by atoms with Gasteiger partial charge < -0.3 is 14.6 Å². The number of carboxylic acids is 1. The Hall–Kier alpha value is -4.88. The average Bonchev–Trinajstić information content (AvgIpc) is 3.37. The molecule has 0 radical (unpaired) electrons. The van der Waals surface area contributed by atoms with Gasteiger partial charge in [-0.3, -0.25) is 9.59 Å². The fraction of sp³-hybridized carbons (Fsp3) is 0.259. The Balaban J connectivity index is 0.000000493. The largest absolute Gasteiger partial charge is 0.490 e. The summed E-state index contributed by atoms with van der Waals surface area (Å²) in [4.78, 5) is 35.5. The molecule has 0 saturated heterocycles. The summed E-state index contributed by atoms with van der Waals surface area (Å²) < 4.78 is 48.4. The molecule has 41 heavy (non-hydrogen) atoms. The Morgan fingerprint density at radius 1 is 1.02 bits per heavy atom. The van der Waals surface area contributed by atoms with E-state index in [9.17, 15) is 27.2 Å². The first-order valence-corrected chi connectivity index (χ1v) is 12.3. The van der Waals surface area contributed by atoms with Gasteiger partial charge in [0.05, 0.1) is 17.8 Å². The second kappa shape index (κ2) is 11.7. The number of amides is 1. The molecule has 1 aliphatic rings. The number of halogens is 4. The average molecular weight is 573 g/mol. The lowest BCUT2D eigenvalue weighted by molar-refractivity contribution is -0.192. The van der Waals surface area contributed by atoms with Crippen molar-refractivity contribution in [1.29, 1.82) is 0 Å². The van der Waals surface area contributed by atoms with Gasteiger partial charge in [0.2, 0.25) is 0 Å². The molecular formula is C27H24F4N6O4. The summed E-state index contributed by atoms with van der Waals surface area (Å²) >= 11 is 0. The Bertz CT molecular complexity index is 1650. The van der Waals surface area contributed by atoms with Crippen LogP contribution in [0.3, 0.4) is 0 Å². The molecular weight excluding hydrogens is 548 g/mol. The van der Waals surface area contributed by atoms with Crippen LogP contribution in [-0.2, 0) is 24.3 Å². The number of carboxylic acid groups (broad SMARTS) is 1. The van der Waals surface area contributed by atoms with Gasteiger partial charge in [-0.05, 0) is 37.1 Å². The fourth-order valence-corrected chi connectivity index (χ4v) is 4.19. The van der Waals surface area contributed by atoms with Gasteiger partial charge in [-0.2, -0.15) is 18.3 Å². The molecule has 0 bridgehead atoms. The van der Waals surface area contributed by atoms with Crippen molar-refractivity contribution in [3.05, 3.63) is 98.5 Å². The van der Waals surface area contributed by atoms with Crippen molar-refractivity contribution < 1.29 is 32.3 Å². The highest BCUT2D eigenvalue weighted by molar-refractivity contribution is 5.94. The van der Waals surface area contributed by atoms with Crippen LogP contribution < -0.4 is 5.56 Å². The van der Waals surface area contributed by atoms with Crippen LogP contribution in [0.25, 0.3) is 11.4 Å². The Labute approximate surface area is 230 Å². The number of benzene rings is 2. The van der Waals surface area contributed by atoms with E-state index < -0.39 is 23.9 Å². The Morgan fingerprint density at radius 3 is 2.37 bits per heavy atom. The topological polar surface area (TPSA) is 134 Å².